The van der Waals surface area contributed by atoms with Crippen LogP contribution in [-0.4, -0.2) is 24.6 Å². The molecule has 5 atom stereocenters. The monoisotopic (exact) mass is 301 g/mol. The topological polar surface area (TPSA) is 64.6 Å². The number of esters is 1. The molecule has 1 aromatic carbocycles. The van der Waals surface area contributed by atoms with Crippen molar-refractivity contribution in [3.05, 3.63) is 24.3 Å². The maximum Gasteiger partial charge on any atom is 0.310 e. The molecule has 1 N–H and O–H groups in total. The number of ether oxygens (including phenoxy) is 2. The first-order valence-corrected chi connectivity index (χ1v) is 7.91. The third kappa shape index (κ3) is 1.99. The number of rotatable bonds is 4. The van der Waals surface area contributed by atoms with Gasteiger partial charge in [0.25, 0.3) is 0 Å². The highest BCUT2D eigenvalue weighted by Crippen LogP contribution is 2.57. The lowest BCUT2D eigenvalue weighted by atomic mass is 9.79. The third-order valence-electron chi connectivity index (χ3n) is 5.22. The van der Waals surface area contributed by atoms with Crippen molar-refractivity contribution >= 4 is 17.6 Å². The molecule has 4 rings (SSSR count). The van der Waals surface area contributed by atoms with Crippen LogP contribution >= 0.6 is 0 Å². The molecule has 1 aromatic rings. The fraction of sp³-hybridized carbons (Fsp3) is 0.529. The molecule has 0 spiro atoms. The average molecular weight is 301 g/mol. The number of carbonyl (C=O) groups excluding carboxylic acids is 2. The van der Waals surface area contributed by atoms with Gasteiger partial charge in [0.2, 0.25) is 5.91 Å². The standard InChI is InChI=1S/C17H19NO4/c1-2-21-11-5-3-10(4-6-11)18-16(19)14-9-7-12-13(8-9)22-17(20)15(12)14/h3-6,9,12-15H,2,7-8H2,1H3,(H,18,19)/t9-,12-,13-,14-,15-/m1/s1. The first-order chi connectivity index (χ1) is 10.7. The zero-order valence-corrected chi connectivity index (χ0v) is 12.5. The highest BCUT2D eigenvalue weighted by Gasteiger charge is 2.63. The number of fused-ring (bicyclic) bond motifs is 1. The number of hydrogen-bond acceptors (Lipinski definition) is 4. The van der Waals surface area contributed by atoms with Gasteiger partial charge in [0.1, 0.15) is 11.9 Å². The number of nitrogens with one attached hydrogen (secondary N) is 1. The number of benzene rings is 1. The largest absolute Gasteiger partial charge is 0.494 e. The molecular formula is C17H19NO4. The molecule has 0 unspecified atom stereocenters. The Morgan fingerprint density at radius 1 is 1.32 bits per heavy atom. The SMILES string of the molecule is CCOc1ccc(NC(=O)[C@@H]2[C@@H]3C[C@H]4[C@H]2C(=O)O[C@@H]4C3)cc1. The molecule has 116 valence electrons. The van der Waals surface area contributed by atoms with Crippen molar-refractivity contribution in [2.75, 3.05) is 11.9 Å². The van der Waals surface area contributed by atoms with Crippen LogP contribution in [0.5, 0.6) is 5.75 Å². The van der Waals surface area contributed by atoms with Crippen molar-refractivity contribution in [2.45, 2.75) is 25.9 Å². The van der Waals surface area contributed by atoms with Gasteiger partial charge in [0.05, 0.1) is 18.4 Å². The summed E-state index contributed by atoms with van der Waals surface area (Å²) in [6, 6.07) is 7.32. The van der Waals surface area contributed by atoms with E-state index < -0.39 is 0 Å². The molecule has 0 radical (unpaired) electrons. The summed E-state index contributed by atoms with van der Waals surface area (Å²) in [5.74, 6) is 0.625. The first-order valence-electron chi connectivity index (χ1n) is 7.91. The van der Waals surface area contributed by atoms with Crippen LogP contribution in [0.4, 0.5) is 5.69 Å². The minimum absolute atomic E-state index is 0.0565. The molecule has 22 heavy (non-hydrogen) atoms. The minimum atomic E-state index is -0.234. The van der Waals surface area contributed by atoms with Crippen LogP contribution in [-0.2, 0) is 14.3 Å². The molecular weight excluding hydrogens is 282 g/mol. The maximum atomic E-state index is 12.6. The zero-order chi connectivity index (χ0) is 15.3. The normalized spacial score (nSPS) is 34.6. The van der Waals surface area contributed by atoms with E-state index in [4.69, 9.17) is 9.47 Å². The molecule has 5 heteroatoms. The summed E-state index contributed by atoms with van der Waals surface area (Å²) < 4.78 is 10.8. The molecule has 2 bridgehead atoms. The van der Waals surface area contributed by atoms with Gasteiger partial charge in [-0.15, -0.1) is 0 Å². The molecule has 2 aliphatic carbocycles. The van der Waals surface area contributed by atoms with Gasteiger partial charge in [-0.05, 0) is 49.9 Å². The third-order valence-corrected chi connectivity index (χ3v) is 5.22. The Balaban J connectivity index is 1.47. The molecule has 3 aliphatic rings. The van der Waals surface area contributed by atoms with Crippen molar-refractivity contribution in [3.63, 3.8) is 0 Å². The van der Waals surface area contributed by atoms with Crippen molar-refractivity contribution in [2.24, 2.45) is 23.7 Å². The fourth-order valence-corrected chi connectivity index (χ4v) is 4.39. The minimum Gasteiger partial charge on any atom is -0.494 e. The molecule has 3 fully saturated rings. The van der Waals surface area contributed by atoms with E-state index >= 15 is 0 Å². The Morgan fingerprint density at radius 3 is 2.82 bits per heavy atom. The van der Waals surface area contributed by atoms with Crippen LogP contribution < -0.4 is 10.1 Å². The number of carbonyl (C=O) groups is 2. The van der Waals surface area contributed by atoms with Gasteiger partial charge in [0, 0.05) is 11.6 Å². The Bertz CT molecular complexity index is 610. The zero-order valence-electron chi connectivity index (χ0n) is 12.5. The van der Waals surface area contributed by atoms with E-state index in [1.807, 2.05) is 31.2 Å². The summed E-state index contributed by atoms with van der Waals surface area (Å²) in [6.45, 7) is 2.54. The summed E-state index contributed by atoms with van der Waals surface area (Å²) in [6.07, 6.45) is 1.86. The van der Waals surface area contributed by atoms with Gasteiger partial charge in [-0.3, -0.25) is 9.59 Å². The number of anilines is 1. The van der Waals surface area contributed by atoms with Crippen molar-refractivity contribution in [1.82, 2.24) is 0 Å². The molecule has 1 aliphatic heterocycles. The predicted octanol–water partition coefficient (Wildman–Crippen LogP) is 2.22. The van der Waals surface area contributed by atoms with E-state index in [2.05, 4.69) is 5.32 Å². The van der Waals surface area contributed by atoms with E-state index in [9.17, 15) is 9.59 Å². The lowest BCUT2D eigenvalue weighted by Gasteiger charge is -2.23. The maximum absolute atomic E-state index is 12.6. The summed E-state index contributed by atoms with van der Waals surface area (Å²) in [7, 11) is 0. The van der Waals surface area contributed by atoms with Crippen LogP contribution in [0.25, 0.3) is 0 Å². The van der Waals surface area contributed by atoms with E-state index in [0.717, 1.165) is 24.3 Å². The van der Waals surface area contributed by atoms with E-state index in [1.165, 1.54) is 0 Å². The molecule has 1 heterocycles. The van der Waals surface area contributed by atoms with Gasteiger partial charge in [-0.25, -0.2) is 0 Å². The Labute approximate surface area is 129 Å². The summed E-state index contributed by atoms with van der Waals surface area (Å²) in [5, 5.41) is 2.94. The summed E-state index contributed by atoms with van der Waals surface area (Å²) >= 11 is 0. The van der Waals surface area contributed by atoms with E-state index in [0.29, 0.717) is 6.61 Å². The van der Waals surface area contributed by atoms with Gasteiger partial charge in [-0.2, -0.15) is 0 Å². The lowest BCUT2D eigenvalue weighted by Crippen LogP contribution is -2.35. The van der Waals surface area contributed by atoms with Crippen LogP contribution in [0.1, 0.15) is 19.8 Å². The molecule has 1 amide bonds. The van der Waals surface area contributed by atoms with Gasteiger partial charge in [0.15, 0.2) is 0 Å². The molecule has 5 nitrogen and oxygen atoms in total. The van der Waals surface area contributed by atoms with E-state index in [-0.39, 0.29) is 41.7 Å². The summed E-state index contributed by atoms with van der Waals surface area (Å²) in [5.41, 5.74) is 0.735. The number of amides is 1. The predicted molar refractivity (Wildman–Crippen MR) is 79.3 cm³/mol. The van der Waals surface area contributed by atoms with Gasteiger partial charge >= 0.3 is 5.97 Å². The number of hydrogen-bond donors (Lipinski definition) is 1. The lowest BCUT2D eigenvalue weighted by molar-refractivity contribution is -0.145. The van der Waals surface area contributed by atoms with Crippen LogP contribution in [0.2, 0.25) is 0 Å². The van der Waals surface area contributed by atoms with Crippen molar-refractivity contribution in [1.29, 1.82) is 0 Å². The molecule has 2 saturated carbocycles. The van der Waals surface area contributed by atoms with Crippen molar-refractivity contribution < 1.29 is 19.1 Å². The van der Waals surface area contributed by atoms with Crippen LogP contribution in [0, 0.1) is 23.7 Å². The molecule has 0 aromatic heterocycles. The highest BCUT2D eigenvalue weighted by molar-refractivity contribution is 5.97. The Kier molecular flexibility index (Phi) is 3.10. The van der Waals surface area contributed by atoms with Crippen LogP contribution in [0.15, 0.2) is 24.3 Å². The van der Waals surface area contributed by atoms with Crippen LogP contribution in [0.3, 0.4) is 0 Å². The van der Waals surface area contributed by atoms with E-state index in [1.54, 1.807) is 0 Å². The quantitative estimate of drug-likeness (QED) is 0.866. The second-order valence-corrected chi connectivity index (χ2v) is 6.37. The smallest absolute Gasteiger partial charge is 0.310 e. The Hall–Kier alpha value is -2.04. The summed E-state index contributed by atoms with van der Waals surface area (Å²) in [4.78, 5) is 24.6. The second kappa shape index (κ2) is 5.00. The Morgan fingerprint density at radius 2 is 2.09 bits per heavy atom. The fourth-order valence-electron chi connectivity index (χ4n) is 4.39. The second-order valence-electron chi connectivity index (χ2n) is 6.37. The molecule has 1 saturated heterocycles. The first kappa shape index (κ1) is 13.6. The van der Waals surface area contributed by atoms with Crippen molar-refractivity contribution in [3.8, 4) is 5.75 Å². The van der Waals surface area contributed by atoms with Gasteiger partial charge < -0.3 is 14.8 Å². The van der Waals surface area contributed by atoms with Gasteiger partial charge in [-0.1, -0.05) is 0 Å². The highest BCUT2D eigenvalue weighted by atomic mass is 16.6. The average Bonchev–Trinajstić information content (AvgIpc) is 3.11.